The fraction of sp³-hybridized carbons (Fsp3) is 0.682. The van der Waals surface area contributed by atoms with E-state index in [1.807, 2.05) is 12.3 Å². The van der Waals surface area contributed by atoms with Crippen LogP contribution in [0, 0.1) is 17.8 Å². The van der Waals surface area contributed by atoms with Crippen molar-refractivity contribution in [2.45, 2.75) is 50.3 Å². The topological polar surface area (TPSA) is 103 Å². The van der Waals surface area contributed by atoms with Crippen LogP contribution >= 0.6 is 0 Å². The number of amides is 1. The average molecular weight is 430 g/mol. The van der Waals surface area contributed by atoms with Gasteiger partial charge in [-0.25, -0.2) is 9.36 Å². The Kier molecular flexibility index (Phi) is 5.58. The predicted molar refractivity (Wildman–Crippen MR) is 112 cm³/mol. The summed E-state index contributed by atoms with van der Waals surface area (Å²) < 4.78 is 14.0. The molecular formula is C22H31N5O4. The minimum Gasteiger partial charge on any atom is -0.390 e. The van der Waals surface area contributed by atoms with Gasteiger partial charge >= 0.3 is 0 Å². The van der Waals surface area contributed by atoms with Crippen molar-refractivity contribution in [3.63, 3.8) is 0 Å². The number of aromatic nitrogens is 4. The lowest BCUT2D eigenvalue weighted by atomic mass is 9.52. The highest BCUT2D eigenvalue weighted by Gasteiger charge is 2.55. The van der Waals surface area contributed by atoms with Crippen LogP contribution in [0.2, 0.25) is 0 Å². The first kappa shape index (κ1) is 20.7. The van der Waals surface area contributed by atoms with Gasteiger partial charge in [0.15, 0.2) is 5.82 Å². The lowest BCUT2D eigenvalue weighted by molar-refractivity contribution is -0.136. The van der Waals surface area contributed by atoms with Gasteiger partial charge in [0.2, 0.25) is 0 Å². The van der Waals surface area contributed by atoms with E-state index in [9.17, 15) is 9.90 Å². The molecule has 2 N–H and O–H groups in total. The fourth-order valence-corrected chi connectivity index (χ4v) is 6.18. The molecule has 6 rings (SSSR count). The van der Waals surface area contributed by atoms with Crippen LogP contribution in [0.25, 0.3) is 5.82 Å². The highest BCUT2D eigenvalue weighted by atomic mass is 16.5. The van der Waals surface area contributed by atoms with Crippen molar-refractivity contribution in [3.05, 3.63) is 30.2 Å². The molecule has 9 nitrogen and oxygen atoms in total. The SMILES string of the molecule is COCCOCCn1ncc(C(=O)N[C@H]2C3CC4CC2C[C@](O)(C4)C3)c1-n1cccn1. The van der Waals surface area contributed by atoms with Crippen LogP contribution in [-0.2, 0) is 16.0 Å². The lowest BCUT2D eigenvalue weighted by Crippen LogP contribution is -2.61. The Hall–Kier alpha value is -2.23. The molecular weight excluding hydrogens is 398 g/mol. The van der Waals surface area contributed by atoms with E-state index in [4.69, 9.17) is 9.47 Å². The van der Waals surface area contributed by atoms with Gasteiger partial charge in [-0.15, -0.1) is 0 Å². The Labute approximate surface area is 181 Å². The number of hydrogen-bond donors (Lipinski definition) is 2. The molecule has 9 heteroatoms. The number of methoxy groups -OCH3 is 1. The molecule has 2 unspecified atom stereocenters. The largest absolute Gasteiger partial charge is 0.390 e. The van der Waals surface area contributed by atoms with Crippen LogP contribution in [0.15, 0.2) is 24.7 Å². The maximum absolute atomic E-state index is 13.3. The summed E-state index contributed by atoms with van der Waals surface area (Å²) in [5.41, 5.74) is -0.000777. The number of aliphatic hydroxyl groups is 1. The van der Waals surface area contributed by atoms with E-state index in [0.29, 0.717) is 55.5 Å². The molecule has 168 valence electrons. The summed E-state index contributed by atoms with van der Waals surface area (Å²) in [4.78, 5) is 13.3. The van der Waals surface area contributed by atoms with Crippen molar-refractivity contribution in [2.75, 3.05) is 26.9 Å². The first-order chi connectivity index (χ1) is 15.1. The molecule has 0 aliphatic heterocycles. The minimum atomic E-state index is -0.508. The van der Waals surface area contributed by atoms with Gasteiger partial charge in [0, 0.05) is 25.5 Å². The smallest absolute Gasteiger partial charge is 0.256 e. The first-order valence-electron chi connectivity index (χ1n) is 11.2. The standard InChI is InChI=1S/C22H31N5O4/c1-30-7-8-31-6-5-27-21(26-4-2-3-23-26)18(14-24-27)20(28)25-19-16-9-15-10-17(19)13-22(29,11-15)12-16/h2-4,14-17,19,29H,5-13H2,1H3,(H,25,28)/t15?,16?,17?,19-,22-. The third kappa shape index (κ3) is 4.02. The van der Waals surface area contributed by atoms with Gasteiger partial charge in [-0.3, -0.25) is 4.79 Å². The Morgan fingerprint density at radius 1 is 1.23 bits per heavy atom. The third-order valence-corrected chi connectivity index (χ3v) is 7.20. The van der Waals surface area contributed by atoms with Crippen molar-refractivity contribution < 1.29 is 19.4 Å². The van der Waals surface area contributed by atoms with E-state index >= 15 is 0 Å². The lowest BCUT2D eigenvalue weighted by Gasteiger charge is -2.58. The summed E-state index contributed by atoms with van der Waals surface area (Å²) in [6, 6.07) is 1.95. The Bertz CT molecular complexity index is 895. The van der Waals surface area contributed by atoms with Crippen LogP contribution in [0.1, 0.15) is 42.5 Å². The van der Waals surface area contributed by atoms with E-state index in [2.05, 4.69) is 15.5 Å². The van der Waals surface area contributed by atoms with Gasteiger partial charge in [0.05, 0.1) is 38.2 Å². The van der Waals surface area contributed by atoms with Gasteiger partial charge in [-0.05, 0) is 55.9 Å². The number of nitrogens with one attached hydrogen (secondary N) is 1. The summed E-state index contributed by atoms with van der Waals surface area (Å²) in [7, 11) is 1.64. The number of carbonyl (C=O) groups excluding carboxylic acids is 1. The van der Waals surface area contributed by atoms with E-state index in [1.165, 1.54) is 0 Å². The monoisotopic (exact) mass is 429 g/mol. The van der Waals surface area contributed by atoms with Gasteiger partial charge in [-0.2, -0.15) is 10.2 Å². The van der Waals surface area contributed by atoms with Crippen LogP contribution in [0.3, 0.4) is 0 Å². The maximum atomic E-state index is 13.3. The molecule has 1 amide bonds. The molecule has 0 radical (unpaired) electrons. The second kappa shape index (κ2) is 8.37. The Morgan fingerprint density at radius 3 is 2.71 bits per heavy atom. The zero-order chi connectivity index (χ0) is 21.4. The van der Waals surface area contributed by atoms with Crippen LogP contribution in [0.4, 0.5) is 0 Å². The minimum absolute atomic E-state index is 0.121. The Morgan fingerprint density at radius 2 is 2.03 bits per heavy atom. The fourth-order valence-electron chi connectivity index (χ4n) is 6.18. The van der Waals surface area contributed by atoms with Crippen LogP contribution in [0.5, 0.6) is 0 Å². The number of nitrogens with zero attached hydrogens (tertiary/aromatic N) is 4. The maximum Gasteiger partial charge on any atom is 0.256 e. The molecule has 4 fully saturated rings. The molecule has 2 atom stereocenters. The molecule has 0 saturated heterocycles. The number of ether oxygens (including phenoxy) is 2. The third-order valence-electron chi connectivity index (χ3n) is 7.20. The zero-order valence-electron chi connectivity index (χ0n) is 17.9. The van der Waals surface area contributed by atoms with Crippen molar-refractivity contribution >= 4 is 5.91 Å². The summed E-state index contributed by atoms with van der Waals surface area (Å²) in [5, 5.41) is 22.9. The quantitative estimate of drug-likeness (QED) is 0.584. The first-order valence-corrected chi connectivity index (χ1v) is 11.2. The highest BCUT2D eigenvalue weighted by molar-refractivity contribution is 5.97. The predicted octanol–water partition coefficient (Wildman–Crippen LogP) is 1.40. The molecule has 31 heavy (non-hydrogen) atoms. The van der Waals surface area contributed by atoms with Gasteiger partial charge in [-0.1, -0.05) is 0 Å². The molecule has 4 bridgehead atoms. The summed E-state index contributed by atoms with van der Waals surface area (Å²) in [6.07, 6.45) is 9.86. The van der Waals surface area contributed by atoms with Crippen LogP contribution in [-0.4, -0.2) is 69.1 Å². The molecule has 2 aromatic rings. The number of rotatable bonds is 9. The molecule has 4 saturated carbocycles. The zero-order valence-corrected chi connectivity index (χ0v) is 17.9. The summed E-state index contributed by atoms with van der Waals surface area (Å²) in [5.74, 6) is 1.84. The number of carbonyl (C=O) groups is 1. The Balaban J connectivity index is 1.32. The van der Waals surface area contributed by atoms with Crippen LogP contribution < -0.4 is 5.32 Å². The van der Waals surface area contributed by atoms with Gasteiger partial charge in [0.25, 0.3) is 5.91 Å². The molecule has 4 aliphatic carbocycles. The molecule has 2 aromatic heterocycles. The van der Waals surface area contributed by atoms with Gasteiger partial charge < -0.3 is 19.9 Å². The second-order valence-electron chi connectivity index (χ2n) is 9.35. The molecule has 4 aliphatic rings. The average Bonchev–Trinajstić information content (AvgIpc) is 3.38. The van der Waals surface area contributed by atoms with Crippen molar-refractivity contribution in [3.8, 4) is 5.82 Å². The van der Waals surface area contributed by atoms with E-state index in [-0.39, 0.29) is 11.9 Å². The van der Waals surface area contributed by atoms with E-state index in [1.54, 1.807) is 28.9 Å². The summed E-state index contributed by atoms with van der Waals surface area (Å²) >= 11 is 0. The number of hydrogen-bond acceptors (Lipinski definition) is 6. The van der Waals surface area contributed by atoms with Crippen molar-refractivity contribution in [1.29, 1.82) is 0 Å². The normalized spacial score (nSPS) is 31.3. The van der Waals surface area contributed by atoms with E-state index < -0.39 is 5.60 Å². The van der Waals surface area contributed by atoms with Crippen molar-refractivity contribution in [2.24, 2.45) is 17.8 Å². The molecule has 2 heterocycles. The molecule has 0 spiro atoms. The summed E-state index contributed by atoms with van der Waals surface area (Å²) in [6.45, 7) is 2.03. The van der Waals surface area contributed by atoms with Crippen molar-refractivity contribution in [1.82, 2.24) is 24.9 Å². The molecule has 0 aromatic carbocycles. The van der Waals surface area contributed by atoms with Gasteiger partial charge in [0.1, 0.15) is 5.56 Å². The highest BCUT2D eigenvalue weighted by Crippen LogP contribution is 2.55. The van der Waals surface area contributed by atoms with E-state index in [0.717, 1.165) is 32.1 Å². The second-order valence-corrected chi connectivity index (χ2v) is 9.35.